The van der Waals surface area contributed by atoms with Crippen LogP contribution in [0.4, 0.5) is 19.0 Å². The highest BCUT2D eigenvalue weighted by molar-refractivity contribution is 6.00. The molecule has 3 N–H and O–H groups in total. The summed E-state index contributed by atoms with van der Waals surface area (Å²) in [5, 5.41) is 8.16. The molecular weight excluding hydrogens is 519 g/mol. The van der Waals surface area contributed by atoms with Gasteiger partial charge in [0.1, 0.15) is 5.69 Å². The van der Waals surface area contributed by atoms with Crippen molar-refractivity contribution < 1.29 is 27.3 Å². The molecule has 12 nitrogen and oxygen atoms in total. The van der Waals surface area contributed by atoms with Gasteiger partial charge in [-0.3, -0.25) is 9.59 Å². The zero-order chi connectivity index (χ0) is 27.6. The van der Waals surface area contributed by atoms with E-state index in [1.807, 2.05) is 0 Å². The number of alkyl halides is 3. The lowest BCUT2D eigenvalue weighted by Gasteiger charge is -2.15. The lowest BCUT2D eigenvalue weighted by molar-refractivity contribution is -0.138. The Morgan fingerprint density at radius 3 is 2.64 bits per heavy atom. The van der Waals surface area contributed by atoms with Crippen molar-refractivity contribution in [3.05, 3.63) is 78.9 Å². The fourth-order valence-corrected chi connectivity index (χ4v) is 3.72. The number of anilines is 1. The average Bonchev–Trinajstić information content (AvgIpc) is 3.62. The van der Waals surface area contributed by atoms with Gasteiger partial charge in [-0.25, -0.2) is 19.9 Å². The van der Waals surface area contributed by atoms with E-state index in [0.717, 1.165) is 18.5 Å². The van der Waals surface area contributed by atoms with Gasteiger partial charge in [0.2, 0.25) is 5.91 Å². The molecule has 5 rings (SSSR count). The van der Waals surface area contributed by atoms with Crippen LogP contribution in [0.1, 0.15) is 21.8 Å². The number of hydrogen-bond acceptors (Lipinski definition) is 9. The number of hydrogen-bond donors (Lipinski definition) is 3. The van der Waals surface area contributed by atoms with E-state index in [-0.39, 0.29) is 40.0 Å². The largest absolute Gasteiger partial charge is 0.416 e. The number of carbonyl (C=O) groups excluding carboxylic acids is 2. The van der Waals surface area contributed by atoms with Crippen LogP contribution in [-0.4, -0.2) is 46.9 Å². The number of imidazole rings is 1. The third-order valence-electron chi connectivity index (χ3n) is 5.46. The molecule has 1 aromatic carbocycles. The summed E-state index contributed by atoms with van der Waals surface area (Å²) in [6.45, 7) is 2.97. The summed E-state index contributed by atoms with van der Waals surface area (Å²) in [5.41, 5.74) is 0.224. The Labute approximate surface area is 216 Å². The highest BCUT2D eigenvalue weighted by atomic mass is 19.4. The van der Waals surface area contributed by atoms with Gasteiger partial charge in [0, 0.05) is 30.7 Å². The molecule has 0 saturated carbocycles. The molecule has 0 bridgehead atoms. The number of benzene rings is 1. The third kappa shape index (κ3) is 5.18. The van der Waals surface area contributed by atoms with Crippen molar-refractivity contribution in [1.29, 1.82) is 0 Å². The molecule has 0 aliphatic carbocycles. The minimum atomic E-state index is -4.72. The second kappa shape index (κ2) is 10.1. The van der Waals surface area contributed by atoms with Crippen molar-refractivity contribution in [2.24, 2.45) is 0 Å². The van der Waals surface area contributed by atoms with Crippen LogP contribution < -0.4 is 10.6 Å². The normalized spacial score (nSPS) is 11.4. The number of aromatic nitrogens is 7. The Morgan fingerprint density at radius 2 is 1.90 bits per heavy atom. The first-order valence-corrected chi connectivity index (χ1v) is 11.1. The van der Waals surface area contributed by atoms with Crippen LogP contribution in [0.3, 0.4) is 0 Å². The highest BCUT2D eigenvalue weighted by Crippen LogP contribution is 2.37. The van der Waals surface area contributed by atoms with Crippen molar-refractivity contribution in [1.82, 2.24) is 40.4 Å². The summed E-state index contributed by atoms with van der Waals surface area (Å²) >= 11 is 0. The molecule has 0 spiro atoms. The van der Waals surface area contributed by atoms with Gasteiger partial charge in [-0.2, -0.15) is 18.2 Å². The van der Waals surface area contributed by atoms with Gasteiger partial charge >= 0.3 is 18.0 Å². The van der Waals surface area contributed by atoms with Gasteiger partial charge < -0.3 is 20.1 Å². The van der Waals surface area contributed by atoms with Crippen molar-refractivity contribution >= 4 is 28.8 Å². The van der Waals surface area contributed by atoms with Gasteiger partial charge in [-0.05, 0) is 29.3 Å². The number of nitrogens with zero attached hydrogens (tertiary/aromatic N) is 6. The molecule has 196 valence electrons. The Balaban J connectivity index is 1.52. The summed E-state index contributed by atoms with van der Waals surface area (Å²) in [4.78, 5) is 47.3. The Morgan fingerprint density at radius 1 is 1.08 bits per heavy atom. The number of nitrogens with one attached hydrogen (secondary N) is 3. The molecule has 0 aliphatic heterocycles. The SMILES string of the molecule is C=CC(=O)Nc1nccnc1-c1nc2nccc(-c3ccc(CNC(=O)c4ncno4)c(C(F)(F)F)c3)c2[nH]1. The fourth-order valence-electron chi connectivity index (χ4n) is 3.72. The van der Waals surface area contributed by atoms with Gasteiger partial charge in [0.25, 0.3) is 0 Å². The van der Waals surface area contributed by atoms with Crippen LogP contribution in [-0.2, 0) is 17.5 Å². The summed E-state index contributed by atoms with van der Waals surface area (Å²) in [7, 11) is 0. The minimum Gasteiger partial charge on any atom is -0.344 e. The first-order chi connectivity index (χ1) is 18.7. The van der Waals surface area contributed by atoms with Crippen LogP contribution in [0.15, 0.2) is 66.4 Å². The molecule has 2 amide bonds. The van der Waals surface area contributed by atoms with E-state index in [4.69, 9.17) is 0 Å². The standard InChI is InChI=1S/C24H16F3N9O3/c1-2-16(37)34-20-18(28-7-8-30-20)21-35-17-14(5-6-29-19(17)36-21)12-3-4-13(15(9-12)24(25,26)27)10-31-22(38)23-32-11-33-39-23/h2-9,11H,1,10H2,(H,31,38)(H,29,35,36)(H,30,34,37). The first kappa shape index (κ1) is 25.2. The first-order valence-electron chi connectivity index (χ1n) is 11.1. The zero-order valence-electron chi connectivity index (χ0n) is 19.7. The van der Waals surface area contributed by atoms with E-state index in [2.05, 4.69) is 56.8 Å². The smallest absolute Gasteiger partial charge is 0.344 e. The quantitative estimate of drug-likeness (QED) is 0.264. The highest BCUT2D eigenvalue weighted by Gasteiger charge is 2.34. The predicted molar refractivity (Wildman–Crippen MR) is 130 cm³/mol. The summed E-state index contributed by atoms with van der Waals surface area (Å²) in [6, 6.07) is 5.26. The third-order valence-corrected chi connectivity index (χ3v) is 5.46. The number of rotatable bonds is 7. The van der Waals surface area contributed by atoms with Gasteiger partial charge in [-0.15, -0.1) is 0 Å². The van der Waals surface area contributed by atoms with E-state index >= 15 is 0 Å². The number of halogens is 3. The topological polar surface area (TPSA) is 164 Å². The number of H-pyrrole nitrogens is 1. The molecule has 0 radical (unpaired) electrons. The minimum absolute atomic E-state index is 0.106. The van der Waals surface area contributed by atoms with Crippen molar-refractivity contribution in [2.45, 2.75) is 12.7 Å². The van der Waals surface area contributed by atoms with Gasteiger partial charge in [0.05, 0.1) is 11.1 Å². The van der Waals surface area contributed by atoms with Crippen LogP contribution >= 0.6 is 0 Å². The molecule has 4 heterocycles. The maximum atomic E-state index is 14.0. The summed E-state index contributed by atoms with van der Waals surface area (Å²) in [5.74, 6) is -1.40. The average molecular weight is 535 g/mol. The number of carbonyl (C=O) groups is 2. The lowest BCUT2D eigenvalue weighted by Crippen LogP contribution is -2.24. The van der Waals surface area contributed by atoms with E-state index in [1.165, 1.54) is 36.8 Å². The van der Waals surface area contributed by atoms with Crippen LogP contribution in [0.2, 0.25) is 0 Å². The summed E-state index contributed by atoms with van der Waals surface area (Å²) in [6.07, 6.45) is 1.53. The van der Waals surface area contributed by atoms with E-state index in [0.29, 0.717) is 11.1 Å². The molecule has 0 fully saturated rings. The van der Waals surface area contributed by atoms with Crippen molar-refractivity contribution in [3.8, 4) is 22.6 Å². The van der Waals surface area contributed by atoms with Gasteiger partial charge in [-0.1, -0.05) is 23.9 Å². The van der Waals surface area contributed by atoms with Gasteiger partial charge in [0.15, 0.2) is 23.6 Å². The fraction of sp³-hybridized carbons (Fsp3) is 0.0833. The van der Waals surface area contributed by atoms with Crippen LogP contribution in [0.25, 0.3) is 33.8 Å². The molecule has 4 aromatic heterocycles. The second-order valence-corrected chi connectivity index (χ2v) is 7.89. The van der Waals surface area contributed by atoms with Crippen LogP contribution in [0.5, 0.6) is 0 Å². The predicted octanol–water partition coefficient (Wildman–Crippen LogP) is 3.54. The number of aromatic amines is 1. The number of amides is 2. The van der Waals surface area contributed by atoms with Crippen molar-refractivity contribution in [2.75, 3.05) is 5.32 Å². The summed E-state index contributed by atoms with van der Waals surface area (Å²) < 4.78 is 46.7. The zero-order valence-corrected chi connectivity index (χ0v) is 19.7. The Bertz CT molecular complexity index is 1700. The second-order valence-electron chi connectivity index (χ2n) is 7.89. The van der Waals surface area contributed by atoms with E-state index < -0.39 is 30.1 Å². The Hall–Kier alpha value is -5.47. The van der Waals surface area contributed by atoms with Crippen molar-refractivity contribution in [3.63, 3.8) is 0 Å². The molecule has 0 aliphatic rings. The lowest BCUT2D eigenvalue weighted by atomic mass is 9.98. The molecule has 0 unspecified atom stereocenters. The Kier molecular flexibility index (Phi) is 6.54. The molecule has 5 aromatic rings. The maximum absolute atomic E-state index is 14.0. The molecule has 39 heavy (non-hydrogen) atoms. The monoisotopic (exact) mass is 535 g/mol. The molecule has 15 heteroatoms. The number of pyridine rings is 1. The number of fused-ring (bicyclic) bond motifs is 1. The molecule has 0 atom stereocenters. The van der Waals surface area contributed by atoms with E-state index in [9.17, 15) is 22.8 Å². The molecule has 0 saturated heterocycles. The molecular formula is C24H16F3N9O3. The maximum Gasteiger partial charge on any atom is 0.416 e. The van der Waals surface area contributed by atoms with Crippen LogP contribution in [0, 0.1) is 0 Å². The van der Waals surface area contributed by atoms with E-state index in [1.54, 1.807) is 0 Å².